The molecule has 0 aliphatic heterocycles. The molecule has 0 spiro atoms. The van der Waals surface area contributed by atoms with E-state index in [0.29, 0.717) is 0 Å². The van der Waals surface area contributed by atoms with E-state index in [-0.39, 0.29) is 6.04 Å². The highest BCUT2D eigenvalue weighted by Crippen LogP contribution is 2.11. The van der Waals surface area contributed by atoms with Crippen LogP contribution in [0.5, 0.6) is 0 Å². The van der Waals surface area contributed by atoms with Crippen LogP contribution in [0.3, 0.4) is 0 Å². The number of halogens is 1. The second-order valence-corrected chi connectivity index (χ2v) is 4.98. The van der Waals surface area contributed by atoms with Crippen molar-refractivity contribution in [2.45, 2.75) is 18.9 Å². The third-order valence-electron chi connectivity index (χ3n) is 2.21. The lowest BCUT2D eigenvalue weighted by Gasteiger charge is -2.15. The summed E-state index contributed by atoms with van der Waals surface area (Å²) in [6.45, 7) is 1.03. The predicted molar refractivity (Wildman–Crippen MR) is 66.8 cm³/mol. The van der Waals surface area contributed by atoms with E-state index in [1.165, 1.54) is 5.56 Å². The lowest BCUT2D eigenvalue weighted by atomic mass is 10.1. The van der Waals surface area contributed by atoms with Gasteiger partial charge in [-0.1, -0.05) is 0 Å². The standard InChI is InChI=1S/C11H18BrN3/c1-15(2)4-3-11(13)6-9-5-10(12)8-14-7-9/h5,7-8,11H,3-4,6,13H2,1-2H3. The maximum Gasteiger partial charge on any atom is 0.0410 e. The maximum atomic E-state index is 6.03. The maximum absolute atomic E-state index is 6.03. The smallest absolute Gasteiger partial charge is 0.0410 e. The lowest BCUT2D eigenvalue weighted by Crippen LogP contribution is -2.28. The Labute approximate surface area is 99.8 Å². The fraction of sp³-hybridized carbons (Fsp3) is 0.545. The zero-order valence-electron chi connectivity index (χ0n) is 9.28. The zero-order chi connectivity index (χ0) is 11.3. The van der Waals surface area contributed by atoms with Crippen LogP contribution in [0.1, 0.15) is 12.0 Å². The van der Waals surface area contributed by atoms with Crippen molar-refractivity contribution in [1.82, 2.24) is 9.88 Å². The molecule has 0 saturated carbocycles. The quantitative estimate of drug-likeness (QED) is 0.886. The van der Waals surface area contributed by atoms with Crippen molar-refractivity contribution in [3.8, 4) is 0 Å². The van der Waals surface area contributed by atoms with E-state index in [1.807, 2.05) is 6.20 Å². The van der Waals surface area contributed by atoms with Crippen molar-refractivity contribution in [3.63, 3.8) is 0 Å². The van der Waals surface area contributed by atoms with Gasteiger partial charge in [0, 0.05) is 22.9 Å². The first-order valence-electron chi connectivity index (χ1n) is 5.07. The topological polar surface area (TPSA) is 42.1 Å². The summed E-state index contributed by atoms with van der Waals surface area (Å²) >= 11 is 3.40. The number of hydrogen-bond acceptors (Lipinski definition) is 3. The summed E-state index contributed by atoms with van der Waals surface area (Å²) < 4.78 is 1.01. The molecule has 1 atom stereocenters. The number of rotatable bonds is 5. The van der Waals surface area contributed by atoms with Gasteiger partial charge in [-0.15, -0.1) is 0 Å². The summed E-state index contributed by atoms with van der Waals surface area (Å²) in [5, 5.41) is 0. The molecule has 0 fully saturated rings. The van der Waals surface area contributed by atoms with Crippen LogP contribution in [0.2, 0.25) is 0 Å². The summed E-state index contributed by atoms with van der Waals surface area (Å²) in [6.07, 6.45) is 5.56. The molecule has 15 heavy (non-hydrogen) atoms. The molecular weight excluding hydrogens is 254 g/mol. The van der Waals surface area contributed by atoms with Gasteiger partial charge in [0.25, 0.3) is 0 Å². The summed E-state index contributed by atoms with van der Waals surface area (Å²) in [7, 11) is 4.13. The average Bonchev–Trinajstić information content (AvgIpc) is 2.15. The second-order valence-electron chi connectivity index (χ2n) is 4.07. The van der Waals surface area contributed by atoms with Gasteiger partial charge in [0.2, 0.25) is 0 Å². The molecule has 3 nitrogen and oxygen atoms in total. The molecule has 0 aliphatic carbocycles. The number of hydrogen-bond donors (Lipinski definition) is 1. The Bertz CT molecular complexity index is 302. The molecule has 84 valence electrons. The van der Waals surface area contributed by atoms with Crippen LogP contribution in [0.25, 0.3) is 0 Å². The van der Waals surface area contributed by atoms with E-state index >= 15 is 0 Å². The number of aromatic nitrogens is 1. The third kappa shape index (κ3) is 5.25. The van der Waals surface area contributed by atoms with E-state index in [4.69, 9.17) is 5.73 Å². The average molecular weight is 272 g/mol. The van der Waals surface area contributed by atoms with E-state index in [2.05, 4.69) is 46.0 Å². The Kier molecular flexibility index (Phi) is 5.22. The van der Waals surface area contributed by atoms with Gasteiger partial charge in [0.15, 0.2) is 0 Å². The molecule has 0 saturated heterocycles. The van der Waals surface area contributed by atoms with Crippen LogP contribution in [-0.4, -0.2) is 36.6 Å². The van der Waals surface area contributed by atoms with Crippen LogP contribution in [0.4, 0.5) is 0 Å². The summed E-state index contributed by atoms with van der Waals surface area (Å²) in [5.74, 6) is 0. The predicted octanol–water partition coefficient (Wildman–Crippen LogP) is 1.67. The van der Waals surface area contributed by atoms with E-state index in [9.17, 15) is 0 Å². The van der Waals surface area contributed by atoms with Crippen LogP contribution in [0.15, 0.2) is 22.9 Å². The molecule has 1 aromatic rings. The molecular formula is C11H18BrN3. The molecule has 0 aliphatic rings. The summed E-state index contributed by atoms with van der Waals surface area (Å²) in [5.41, 5.74) is 7.22. The molecule has 0 radical (unpaired) electrons. The fourth-order valence-corrected chi connectivity index (χ4v) is 1.81. The molecule has 0 amide bonds. The van der Waals surface area contributed by atoms with Gasteiger partial charge in [-0.3, -0.25) is 4.98 Å². The van der Waals surface area contributed by atoms with Gasteiger partial charge in [-0.2, -0.15) is 0 Å². The van der Waals surface area contributed by atoms with Crippen molar-refractivity contribution in [2.75, 3.05) is 20.6 Å². The zero-order valence-corrected chi connectivity index (χ0v) is 10.9. The second kappa shape index (κ2) is 6.20. The van der Waals surface area contributed by atoms with Gasteiger partial charge in [0.1, 0.15) is 0 Å². The molecule has 2 N–H and O–H groups in total. The SMILES string of the molecule is CN(C)CCC(N)Cc1cncc(Br)c1. The Hall–Kier alpha value is -0.450. The fourth-order valence-electron chi connectivity index (χ4n) is 1.40. The van der Waals surface area contributed by atoms with Crippen molar-refractivity contribution >= 4 is 15.9 Å². The molecule has 0 aromatic carbocycles. The normalized spacial score (nSPS) is 13.1. The Balaban J connectivity index is 2.40. The molecule has 1 heterocycles. The highest BCUT2D eigenvalue weighted by Gasteiger charge is 2.05. The molecule has 1 unspecified atom stereocenters. The van der Waals surface area contributed by atoms with Gasteiger partial charge in [0.05, 0.1) is 0 Å². The van der Waals surface area contributed by atoms with E-state index < -0.39 is 0 Å². The molecule has 1 rings (SSSR count). The van der Waals surface area contributed by atoms with Crippen LogP contribution >= 0.6 is 15.9 Å². The first kappa shape index (κ1) is 12.6. The van der Waals surface area contributed by atoms with Crippen LogP contribution < -0.4 is 5.73 Å². The van der Waals surface area contributed by atoms with Crippen molar-refractivity contribution in [3.05, 3.63) is 28.5 Å². The minimum atomic E-state index is 0.212. The van der Waals surface area contributed by atoms with Crippen molar-refractivity contribution < 1.29 is 0 Å². The summed E-state index contributed by atoms with van der Waals surface area (Å²) in [4.78, 5) is 6.27. The van der Waals surface area contributed by atoms with E-state index in [0.717, 1.165) is 23.9 Å². The summed E-state index contributed by atoms with van der Waals surface area (Å²) in [6, 6.07) is 2.28. The first-order chi connectivity index (χ1) is 7.08. The van der Waals surface area contributed by atoms with Crippen molar-refractivity contribution in [2.24, 2.45) is 5.73 Å². The minimum Gasteiger partial charge on any atom is -0.327 e. The lowest BCUT2D eigenvalue weighted by molar-refractivity contribution is 0.379. The highest BCUT2D eigenvalue weighted by molar-refractivity contribution is 9.10. The molecule has 0 bridgehead atoms. The first-order valence-corrected chi connectivity index (χ1v) is 5.87. The van der Waals surface area contributed by atoms with Gasteiger partial charge in [-0.05, 0) is 61.0 Å². The van der Waals surface area contributed by atoms with E-state index in [1.54, 1.807) is 6.20 Å². The van der Waals surface area contributed by atoms with Gasteiger partial charge in [-0.25, -0.2) is 0 Å². The number of pyridine rings is 1. The largest absolute Gasteiger partial charge is 0.327 e. The minimum absolute atomic E-state index is 0.212. The number of nitrogens with two attached hydrogens (primary N) is 1. The third-order valence-corrected chi connectivity index (χ3v) is 2.64. The van der Waals surface area contributed by atoms with Gasteiger partial charge < -0.3 is 10.6 Å². The van der Waals surface area contributed by atoms with Gasteiger partial charge >= 0.3 is 0 Å². The van der Waals surface area contributed by atoms with Crippen LogP contribution in [0, 0.1) is 0 Å². The Morgan fingerprint density at radius 1 is 1.47 bits per heavy atom. The highest BCUT2D eigenvalue weighted by atomic mass is 79.9. The van der Waals surface area contributed by atoms with Crippen molar-refractivity contribution in [1.29, 1.82) is 0 Å². The number of nitrogens with zero attached hydrogens (tertiary/aromatic N) is 2. The van der Waals surface area contributed by atoms with Crippen LogP contribution in [-0.2, 0) is 6.42 Å². The molecule has 4 heteroatoms. The monoisotopic (exact) mass is 271 g/mol. The Morgan fingerprint density at radius 3 is 2.80 bits per heavy atom. The Morgan fingerprint density at radius 2 is 2.20 bits per heavy atom. The molecule has 1 aromatic heterocycles.